The van der Waals surface area contributed by atoms with Crippen molar-refractivity contribution in [3.63, 3.8) is 0 Å². The third-order valence-corrected chi connectivity index (χ3v) is 4.74. The quantitative estimate of drug-likeness (QED) is 0.845. The third-order valence-electron chi connectivity index (χ3n) is 4.74. The highest BCUT2D eigenvalue weighted by Gasteiger charge is 2.37. The van der Waals surface area contributed by atoms with Crippen molar-refractivity contribution in [2.45, 2.75) is 51.7 Å². The average molecular weight is 307 g/mol. The summed E-state index contributed by atoms with van der Waals surface area (Å²) in [7, 11) is 0. The summed E-state index contributed by atoms with van der Waals surface area (Å²) in [6.45, 7) is 7.37. The van der Waals surface area contributed by atoms with E-state index in [0.29, 0.717) is 32.5 Å². The lowest BCUT2D eigenvalue weighted by Crippen LogP contribution is -2.55. The topological polar surface area (TPSA) is 82.4 Å². The Balaban J connectivity index is 1.86. The van der Waals surface area contributed by atoms with E-state index < -0.39 is 5.92 Å². The summed E-state index contributed by atoms with van der Waals surface area (Å²) in [5.41, 5.74) is -0.335. The van der Waals surface area contributed by atoms with E-state index in [1.54, 1.807) is 6.92 Å². The summed E-state index contributed by atoms with van der Waals surface area (Å²) in [5, 5.41) is 11.8. The van der Waals surface area contributed by atoms with E-state index in [9.17, 15) is 9.59 Å². The van der Waals surface area contributed by atoms with Gasteiger partial charge >= 0.3 is 0 Å². The lowest BCUT2D eigenvalue weighted by molar-refractivity contribution is -0.137. The second-order valence-electron chi connectivity index (χ2n) is 6.80. The number of nitrogens with one attached hydrogen (secondary N) is 1. The van der Waals surface area contributed by atoms with Crippen LogP contribution in [-0.2, 0) is 14.3 Å². The Hall–Kier alpha value is -1.61. The van der Waals surface area contributed by atoms with E-state index in [0.717, 1.165) is 6.42 Å². The van der Waals surface area contributed by atoms with Crippen molar-refractivity contribution in [2.75, 3.05) is 19.7 Å². The molecule has 0 spiro atoms. The molecule has 0 saturated carbocycles. The van der Waals surface area contributed by atoms with Crippen LogP contribution in [0.4, 0.5) is 0 Å². The first-order valence-electron chi connectivity index (χ1n) is 7.96. The van der Waals surface area contributed by atoms with E-state index in [1.165, 1.54) is 0 Å². The number of ether oxygens (including phenoxy) is 1. The third kappa shape index (κ3) is 3.77. The van der Waals surface area contributed by atoms with Gasteiger partial charge in [-0.2, -0.15) is 5.26 Å². The molecule has 0 aromatic rings. The molecule has 2 aliphatic rings. The maximum Gasteiger partial charge on any atom is 0.237 e. The monoisotopic (exact) mass is 307 g/mol. The number of rotatable bonds is 3. The molecule has 0 aromatic carbocycles. The van der Waals surface area contributed by atoms with Gasteiger partial charge < -0.3 is 15.0 Å². The van der Waals surface area contributed by atoms with Crippen molar-refractivity contribution >= 4 is 11.8 Å². The van der Waals surface area contributed by atoms with Gasteiger partial charge in [-0.25, -0.2) is 0 Å². The Morgan fingerprint density at radius 3 is 2.55 bits per heavy atom. The number of amides is 2. The van der Waals surface area contributed by atoms with Crippen LogP contribution < -0.4 is 5.32 Å². The lowest BCUT2D eigenvalue weighted by atomic mass is 9.88. The summed E-state index contributed by atoms with van der Waals surface area (Å²) in [6, 6.07) is 1.95. The zero-order valence-electron chi connectivity index (χ0n) is 13.6. The van der Waals surface area contributed by atoms with Crippen LogP contribution in [0.2, 0.25) is 0 Å². The molecule has 2 heterocycles. The van der Waals surface area contributed by atoms with Gasteiger partial charge in [0, 0.05) is 18.6 Å². The minimum atomic E-state index is -0.645. The second-order valence-corrected chi connectivity index (χ2v) is 6.80. The fourth-order valence-corrected chi connectivity index (χ4v) is 3.06. The molecule has 2 rings (SSSR count). The molecule has 0 radical (unpaired) electrons. The summed E-state index contributed by atoms with van der Waals surface area (Å²) in [5.74, 6) is -0.730. The van der Waals surface area contributed by atoms with E-state index >= 15 is 0 Å². The van der Waals surface area contributed by atoms with E-state index in [4.69, 9.17) is 10.00 Å². The predicted octanol–water partition coefficient (Wildman–Crippen LogP) is 1.07. The number of piperidine rings is 1. The zero-order chi connectivity index (χ0) is 16.3. The summed E-state index contributed by atoms with van der Waals surface area (Å²) in [6.07, 6.45) is 2.39. The van der Waals surface area contributed by atoms with Crippen LogP contribution in [0.5, 0.6) is 0 Å². The van der Waals surface area contributed by atoms with Crippen molar-refractivity contribution in [1.29, 1.82) is 5.26 Å². The number of hydrogen-bond acceptors (Lipinski definition) is 4. The molecular weight excluding hydrogens is 282 g/mol. The fourth-order valence-electron chi connectivity index (χ4n) is 3.06. The molecule has 2 fully saturated rings. The van der Waals surface area contributed by atoms with Gasteiger partial charge in [0.25, 0.3) is 0 Å². The summed E-state index contributed by atoms with van der Waals surface area (Å²) < 4.78 is 5.47. The van der Waals surface area contributed by atoms with Crippen LogP contribution >= 0.6 is 0 Å². The van der Waals surface area contributed by atoms with Gasteiger partial charge in [-0.05, 0) is 40.0 Å². The van der Waals surface area contributed by atoms with Crippen LogP contribution in [0.1, 0.15) is 40.0 Å². The first kappa shape index (κ1) is 16.8. The van der Waals surface area contributed by atoms with E-state index in [-0.39, 0.29) is 29.4 Å². The van der Waals surface area contributed by atoms with Crippen LogP contribution in [0.3, 0.4) is 0 Å². The first-order chi connectivity index (χ1) is 10.3. The number of hydrogen-bond donors (Lipinski definition) is 1. The largest absolute Gasteiger partial charge is 0.378 e. The van der Waals surface area contributed by atoms with E-state index in [1.807, 2.05) is 24.8 Å². The summed E-state index contributed by atoms with van der Waals surface area (Å²) in [4.78, 5) is 26.2. The molecule has 3 atom stereocenters. The van der Waals surface area contributed by atoms with Crippen molar-refractivity contribution in [1.82, 2.24) is 10.2 Å². The molecule has 2 aliphatic heterocycles. The van der Waals surface area contributed by atoms with E-state index in [2.05, 4.69) is 5.32 Å². The van der Waals surface area contributed by atoms with Gasteiger partial charge in [0.05, 0.1) is 24.7 Å². The molecule has 2 saturated heterocycles. The van der Waals surface area contributed by atoms with Crippen LogP contribution in [0, 0.1) is 23.2 Å². The van der Waals surface area contributed by atoms with Gasteiger partial charge in [0.1, 0.15) is 5.92 Å². The first-order valence-corrected chi connectivity index (χ1v) is 7.96. The van der Waals surface area contributed by atoms with Crippen molar-refractivity contribution in [2.24, 2.45) is 11.8 Å². The fraction of sp³-hybridized carbons (Fsp3) is 0.812. The molecule has 6 nitrogen and oxygen atoms in total. The highest BCUT2D eigenvalue weighted by Crippen LogP contribution is 2.26. The highest BCUT2D eigenvalue weighted by atomic mass is 16.5. The van der Waals surface area contributed by atoms with Gasteiger partial charge in [-0.15, -0.1) is 0 Å². The Kier molecular flexibility index (Phi) is 5.07. The minimum absolute atomic E-state index is 0.0208. The Morgan fingerprint density at radius 1 is 1.41 bits per heavy atom. The molecule has 22 heavy (non-hydrogen) atoms. The molecule has 0 aromatic heterocycles. The molecule has 122 valence electrons. The average Bonchev–Trinajstić information content (AvgIpc) is 2.92. The Morgan fingerprint density at radius 2 is 2.05 bits per heavy atom. The Bertz CT molecular complexity index is 478. The number of carbonyl (C=O) groups is 2. The smallest absolute Gasteiger partial charge is 0.237 e. The van der Waals surface area contributed by atoms with Crippen LogP contribution in [0.25, 0.3) is 0 Å². The van der Waals surface area contributed by atoms with Crippen molar-refractivity contribution < 1.29 is 14.3 Å². The highest BCUT2D eigenvalue weighted by molar-refractivity contribution is 5.81. The number of carbonyl (C=O) groups excluding carboxylic acids is 2. The molecule has 0 bridgehead atoms. The molecule has 1 N–H and O–H groups in total. The van der Waals surface area contributed by atoms with Crippen LogP contribution in [0.15, 0.2) is 0 Å². The maximum absolute atomic E-state index is 12.4. The lowest BCUT2D eigenvalue weighted by Gasteiger charge is -2.40. The van der Waals surface area contributed by atoms with Gasteiger partial charge in [0.2, 0.25) is 11.8 Å². The molecule has 0 aliphatic carbocycles. The zero-order valence-corrected chi connectivity index (χ0v) is 13.6. The second kappa shape index (κ2) is 6.66. The van der Waals surface area contributed by atoms with Gasteiger partial charge in [-0.1, -0.05) is 0 Å². The summed E-state index contributed by atoms with van der Waals surface area (Å²) >= 11 is 0. The van der Waals surface area contributed by atoms with Gasteiger partial charge in [0.15, 0.2) is 0 Å². The SMILES string of the molecule is CC1CC(C(=O)N2CCC(C)(NC(=O)C(C)C#N)CC2)CO1. The van der Waals surface area contributed by atoms with Crippen molar-refractivity contribution in [3.05, 3.63) is 0 Å². The Labute approximate surface area is 131 Å². The minimum Gasteiger partial charge on any atom is -0.378 e. The molecule has 2 amide bonds. The molecule has 3 unspecified atom stereocenters. The van der Waals surface area contributed by atoms with Crippen molar-refractivity contribution in [3.8, 4) is 6.07 Å². The number of nitriles is 1. The molecular formula is C16H25N3O3. The van der Waals surface area contributed by atoms with Crippen LogP contribution in [-0.4, -0.2) is 48.1 Å². The predicted molar refractivity (Wildman–Crippen MR) is 80.7 cm³/mol. The normalized spacial score (nSPS) is 28.7. The maximum atomic E-state index is 12.4. The van der Waals surface area contributed by atoms with Gasteiger partial charge in [-0.3, -0.25) is 9.59 Å². The number of likely N-dealkylation sites (tertiary alicyclic amines) is 1. The number of nitrogens with zero attached hydrogens (tertiary/aromatic N) is 2. The molecule has 6 heteroatoms. The standard InChI is InChI=1S/C16H25N3O3/c1-11(9-17)14(20)18-16(3)4-6-19(7-5-16)15(21)13-8-12(2)22-10-13/h11-13H,4-8,10H2,1-3H3,(H,18,20).